The van der Waals surface area contributed by atoms with Gasteiger partial charge >= 0.3 is 0 Å². The molecule has 1 amide bonds. The van der Waals surface area contributed by atoms with Gasteiger partial charge in [-0.25, -0.2) is 4.98 Å². The molecule has 32 heavy (non-hydrogen) atoms. The predicted molar refractivity (Wildman–Crippen MR) is 137 cm³/mol. The number of benzene rings is 2. The van der Waals surface area contributed by atoms with Gasteiger partial charge in [-0.2, -0.15) is 0 Å². The van der Waals surface area contributed by atoms with Crippen LogP contribution in [-0.2, 0) is 4.74 Å². The smallest absolute Gasteiger partial charge is 0.260 e. The third kappa shape index (κ3) is 6.06. The van der Waals surface area contributed by atoms with E-state index in [1.165, 1.54) is 11.3 Å². The van der Waals surface area contributed by atoms with Crippen LogP contribution < -0.4 is 4.90 Å². The molecule has 0 aliphatic carbocycles. The van der Waals surface area contributed by atoms with Crippen molar-refractivity contribution in [2.24, 2.45) is 0 Å². The number of carbonyl (C=O) groups excluding carboxylic acids is 1. The minimum absolute atomic E-state index is 0. The summed E-state index contributed by atoms with van der Waals surface area (Å²) in [4.78, 5) is 22.3. The number of hydrogen-bond donors (Lipinski definition) is 0. The van der Waals surface area contributed by atoms with Crippen molar-refractivity contribution in [1.29, 1.82) is 0 Å². The van der Waals surface area contributed by atoms with E-state index in [0.29, 0.717) is 32.3 Å². The summed E-state index contributed by atoms with van der Waals surface area (Å²) in [7, 11) is 0. The highest BCUT2D eigenvalue weighted by atomic mass is 35.5. The van der Waals surface area contributed by atoms with Crippen molar-refractivity contribution < 1.29 is 9.53 Å². The van der Waals surface area contributed by atoms with Crippen molar-refractivity contribution in [2.75, 3.05) is 44.3 Å². The third-order valence-corrected chi connectivity index (χ3v) is 6.86. The van der Waals surface area contributed by atoms with Crippen LogP contribution in [0.3, 0.4) is 0 Å². The number of rotatable bonds is 6. The molecule has 2 aromatic carbocycles. The van der Waals surface area contributed by atoms with E-state index in [1.807, 2.05) is 19.1 Å². The van der Waals surface area contributed by atoms with E-state index in [-0.39, 0.29) is 18.3 Å². The maximum atomic E-state index is 13.5. The van der Waals surface area contributed by atoms with Crippen LogP contribution in [0.25, 0.3) is 10.2 Å². The van der Waals surface area contributed by atoms with Gasteiger partial charge in [0.25, 0.3) is 5.91 Å². The van der Waals surface area contributed by atoms with Crippen LogP contribution in [0.2, 0.25) is 15.1 Å². The monoisotopic (exact) mass is 533 g/mol. The zero-order chi connectivity index (χ0) is 22.0. The van der Waals surface area contributed by atoms with Crippen molar-refractivity contribution in [3.05, 3.63) is 56.5 Å². The second-order valence-electron chi connectivity index (χ2n) is 7.49. The molecular weight excluding hydrogens is 512 g/mol. The SMILES string of the molecule is Cc1cc(Cl)cc2sc(N(CCCN3CCOCC3)C(=O)c3cc(Cl)cc(Cl)c3)nc12.Cl. The summed E-state index contributed by atoms with van der Waals surface area (Å²) in [5.41, 5.74) is 2.29. The summed E-state index contributed by atoms with van der Waals surface area (Å²) < 4.78 is 6.37. The van der Waals surface area contributed by atoms with Gasteiger partial charge in [-0.1, -0.05) is 46.1 Å². The Kier molecular flexibility index (Phi) is 9.04. The fraction of sp³-hybridized carbons (Fsp3) is 0.364. The second kappa shape index (κ2) is 11.3. The average Bonchev–Trinajstić information content (AvgIpc) is 3.15. The molecule has 1 aliphatic heterocycles. The van der Waals surface area contributed by atoms with Crippen molar-refractivity contribution in [3.63, 3.8) is 0 Å². The molecule has 0 N–H and O–H groups in total. The Morgan fingerprint density at radius 2 is 1.75 bits per heavy atom. The first-order valence-electron chi connectivity index (χ1n) is 10.1. The van der Waals surface area contributed by atoms with Gasteiger partial charge in [0, 0.05) is 46.8 Å². The van der Waals surface area contributed by atoms with Crippen molar-refractivity contribution in [3.8, 4) is 0 Å². The molecule has 1 aliphatic rings. The Bertz CT molecular complexity index is 1080. The molecule has 0 unspecified atom stereocenters. The summed E-state index contributed by atoms with van der Waals surface area (Å²) >= 11 is 20.0. The molecule has 3 aromatic rings. The van der Waals surface area contributed by atoms with E-state index in [1.54, 1.807) is 23.1 Å². The quantitative estimate of drug-likeness (QED) is 0.369. The first kappa shape index (κ1) is 25.5. The summed E-state index contributed by atoms with van der Waals surface area (Å²) in [6, 6.07) is 8.67. The Hall–Kier alpha value is -1.12. The lowest BCUT2D eigenvalue weighted by atomic mass is 10.2. The van der Waals surface area contributed by atoms with Gasteiger partial charge in [-0.3, -0.25) is 14.6 Å². The normalized spacial score (nSPS) is 14.4. The largest absolute Gasteiger partial charge is 0.379 e. The Morgan fingerprint density at radius 3 is 2.44 bits per heavy atom. The second-order valence-corrected chi connectivity index (χ2v) is 9.81. The van der Waals surface area contributed by atoms with E-state index >= 15 is 0 Å². The fourth-order valence-electron chi connectivity index (χ4n) is 3.65. The van der Waals surface area contributed by atoms with Crippen molar-refractivity contribution in [2.45, 2.75) is 13.3 Å². The Labute approximate surface area is 212 Å². The topological polar surface area (TPSA) is 45.7 Å². The number of anilines is 1. The van der Waals surface area contributed by atoms with Gasteiger partial charge in [0.2, 0.25) is 0 Å². The number of carbonyl (C=O) groups is 1. The molecule has 5 nitrogen and oxygen atoms in total. The van der Waals surface area contributed by atoms with E-state index in [2.05, 4.69) is 4.90 Å². The highest BCUT2D eigenvalue weighted by Crippen LogP contribution is 2.34. The maximum absolute atomic E-state index is 13.5. The molecular formula is C22H23Cl4N3O2S. The highest BCUT2D eigenvalue weighted by molar-refractivity contribution is 7.22. The van der Waals surface area contributed by atoms with Gasteiger partial charge in [-0.15, -0.1) is 12.4 Å². The molecule has 0 saturated carbocycles. The summed E-state index contributed by atoms with van der Waals surface area (Å²) in [5, 5.41) is 2.16. The van der Waals surface area contributed by atoms with E-state index in [9.17, 15) is 4.79 Å². The number of morpholine rings is 1. The molecule has 0 radical (unpaired) electrons. The van der Waals surface area contributed by atoms with Crippen molar-refractivity contribution in [1.82, 2.24) is 9.88 Å². The average molecular weight is 535 g/mol. The summed E-state index contributed by atoms with van der Waals surface area (Å²) in [6.45, 7) is 6.72. The number of fused-ring (bicyclic) bond motifs is 1. The van der Waals surface area contributed by atoms with E-state index in [4.69, 9.17) is 44.5 Å². The van der Waals surface area contributed by atoms with Gasteiger partial charge < -0.3 is 4.74 Å². The summed E-state index contributed by atoms with van der Waals surface area (Å²) in [5.74, 6) is -0.172. The van der Waals surface area contributed by atoms with Crippen LogP contribution in [0.5, 0.6) is 0 Å². The molecule has 1 aromatic heterocycles. The molecule has 1 fully saturated rings. The van der Waals surface area contributed by atoms with Crippen LogP contribution in [0.1, 0.15) is 22.3 Å². The zero-order valence-corrected chi connectivity index (χ0v) is 21.3. The van der Waals surface area contributed by atoms with Gasteiger partial charge in [0.15, 0.2) is 5.13 Å². The van der Waals surface area contributed by atoms with Crippen LogP contribution >= 0.6 is 58.5 Å². The lowest BCUT2D eigenvalue weighted by Gasteiger charge is -2.27. The maximum Gasteiger partial charge on any atom is 0.260 e. The predicted octanol–water partition coefficient (Wildman–Crippen LogP) is 6.36. The molecule has 172 valence electrons. The first-order valence-corrected chi connectivity index (χ1v) is 12.0. The molecule has 4 rings (SSSR count). The number of halogens is 4. The standard InChI is InChI=1S/C22H22Cl3N3O2S.ClH/c1-14-9-16(23)13-19-20(14)26-22(31-19)28(4-2-3-27-5-7-30-8-6-27)21(29)15-10-17(24)12-18(25)11-15;/h9-13H,2-8H2,1H3;1H. The minimum Gasteiger partial charge on any atom is -0.379 e. The number of hydrogen-bond acceptors (Lipinski definition) is 5. The molecule has 10 heteroatoms. The fourth-order valence-corrected chi connectivity index (χ4v) is 5.62. The van der Waals surface area contributed by atoms with Crippen LogP contribution in [0.15, 0.2) is 30.3 Å². The lowest BCUT2D eigenvalue weighted by Crippen LogP contribution is -2.39. The van der Waals surface area contributed by atoms with E-state index in [0.717, 1.165) is 55.0 Å². The van der Waals surface area contributed by atoms with Crippen molar-refractivity contribution >= 4 is 79.8 Å². The molecule has 1 saturated heterocycles. The third-order valence-electron chi connectivity index (χ3n) is 5.18. The zero-order valence-electron chi connectivity index (χ0n) is 17.4. The lowest BCUT2D eigenvalue weighted by molar-refractivity contribution is 0.0376. The number of nitrogens with zero attached hydrogens (tertiary/aromatic N) is 3. The molecule has 2 heterocycles. The number of thiazole rings is 1. The number of aryl methyl sites for hydroxylation is 1. The first-order chi connectivity index (χ1) is 14.9. The highest BCUT2D eigenvalue weighted by Gasteiger charge is 2.23. The van der Waals surface area contributed by atoms with E-state index < -0.39 is 0 Å². The molecule has 0 atom stereocenters. The van der Waals surface area contributed by atoms with Gasteiger partial charge in [0.1, 0.15) is 0 Å². The molecule has 0 spiro atoms. The van der Waals surface area contributed by atoms with Gasteiger partial charge in [-0.05, 0) is 49.2 Å². The number of aromatic nitrogens is 1. The molecule has 0 bridgehead atoms. The Balaban J connectivity index is 0.00000289. The Morgan fingerprint density at radius 1 is 1.09 bits per heavy atom. The van der Waals surface area contributed by atoms with Crippen LogP contribution in [0.4, 0.5) is 5.13 Å². The summed E-state index contributed by atoms with van der Waals surface area (Å²) in [6.07, 6.45) is 0.815. The van der Waals surface area contributed by atoms with Gasteiger partial charge in [0.05, 0.1) is 23.4 Å². The number of ether oxygens (including phenoxy) is 1. The number of amides is 1. The van der Waals surface area contributed by atoms with Crippen LogP contribution in [0, 0.1) is 6.92 Å². The van der Waals surface area contributed by atoms with Crippen LogP contribution in [-0.4, -0.2) is 55.2 Å². The minimum atomic E-state index is -0.172.